The molecule has 2 unspecified atom stereocenters. The second-order valence-corrected chi connectivity index (χ2v) is 6.32. The number of hydrogen-bond donors (Lipinski definition) is 1. The van der Waals surface area contributed by atoms with Gasteiger partial charge in [0.1, 0.15) is 5.75 Å². The van der Waals surface area contributed by atoms with E-state index < -0.39 is 12.4 Å². The zero-order valence-corrected chi connectivity index (χ0v) is 15.2. The molecule has 1 amide bonds. The number of hydrogen-bond acceptors (Lipinski definition) is 5. The number of rotatable bonds is 6. The predicted octanol–water partition coefficient (Wildman–Crippen LogP) is 3.19. The molecule has 0 aromatic heterocycles. The molecular weight excluding hydrogens is 365 g/mol. The first-order valence-corrected chi connectivity index (χ1v) is 8.77. The van der Waals surface area contributed by atoms with E-state index in [1.807, 2.05) is 4.90 Å². The number of esters is 1. The Hall–Kier alpha value is -2.29. The van der Waals surface area contributed by atoms with Crippen molar-refractivity contribution in [2.24, 2.45) is 5.92 Å². The van der Waals surface area contributed by atoms with E-state index >= 15 is 0 Å². The van der Waals surface area contributed by atoms with E-state index in [1.54, 1.807) is 13.8 Å². The van der Waals surface area contributed by atoms with Gasteiger partial charge < -0.3 is 14.8 Å². The van der Waals surface area contributed by atoms with Crippen molar-refractivity contribution in [2.45, 2.75) is 39.1 Å². The number of alkyl halides is 3. The highest BCUT2D eigenvalue weighted by atomic mass is 19.4. The van der Waals surface area contributed by atoms with Crippen molar-refractivity contribution in [3.8, 4) is 5.75 Å². The maximum absolute atomic E-state index is 12.4. The number of nitrogens with zero attached hydrogens (tertiary/aromatic N) is 1. The lowest BCUT2D eigenvalue weighted by Crippen LogP contribution is -2.48. The first-order valence-electron chi connectivity index (χ1n) is 8.77. The lowest BCUT2D eigenvalue weighted by molar-refractivity contribution is -0.274. The average molecular weight is 388 g/mol. The Labute approximate surface area is 155 Å². The first-order chi connectivity index (χ1) is 12.7. The molecule has 2 rings (SSSR count). The molecule has 0 spiro atoms. The largest absolute Gasteiger partial charge is 0.573 e. The fraction of sp³-hybridized carbons (Fsp3) is 0.556. The summed E-state index contributed by atoms with van der Waals surface area (Å²) < 4.78 is 45.4. The van der Waals surface area contributed by atoms with E-state index in [2.05, 4.69) is 10.1 Å². The summed E-state index contributed by atoms with van der Waals surface area (Å²) in [6.07, 6.45) is -3.25. The van der Waals surface area contributed by atoms with E-state index in [1.165, 1.54) is 12.1 Å². The minimum atomic E-state index is -4.76. The molecule has 1 aromatic carbocycles. The van der Waals surface area contributed by atoms with Crippen molar-refractivity contribution in [3.63, 3.8) is 0 Å². The van der Waals surface area contributed by atoms with Crippen molar-refractivity contribution >= 4 is 17.6 Å². The molecule has 0 aliphatic carbocycles. The molecule has 1 fully saturated rings. The van der Waals surface area contributed by atoms with Gasteiger partial charge in [0.25, 0.3) is 0 Å². The van der Waals surface area contributed by atoms with Gasteiger partial charge in [-0.1, -0.05) is 0 Å². The number of carbonyl (C=O) groups excluding carboxylic acids is 2. The third-order valence-corrected chi connectivity index (χ3v) is 4.36. The van der Waals surface area contributed by atoms with Gasteiger partial charge in [-0.3, -0.25) is 14.5 Å². The Morgan fingerprint density at radius 3 is 2.56 bits per heavy atom. The van der Waals surface area contributed by atoms with Crippen LogP contribution in [0.4, 0.5) is 18.9 Å². The second kappa shape index (κ2) is 9.07. The van der Waals surface area contributed by atoms with Crippen LogP contribution in [0.5, 0.6) is 5.75 Å². The topological polar surface area (TPSA) is 67.9 Å². The third-order valence-electron chi connectivity index (χ3n) is 4.36. The lowest BCUT2D eigenvalue weighted by Gasteiger charge is -2.35. The number of carbonyl (C=O) groups is 2. The second-order valence-electron chi connectivity index (χ2n) is 6.32. The number of likely N-dealkylation sites (tertiary alicyclic amines) is 1. The molecule has 9 heteroatoms. The fourth-order valence-corrected chi connectivity index (χ4v) is 2.96. The van der Waals surface area contributed by atoms with Gasteiger partial charge in [0.05, 0.1) is 18.6 Å². The van der Waals surface area contributed by atoms with E-state index in [-0.39, 0.29) is 23.5 Å². The molecule has 0 saturated carbocycles. The molecule has 1 aliphatic heterocycles. The maximum Gasteiger partial charge on any atom is 0.573 e. The smallest absolute Gasteiger partial charge is 0.466 e. The SMILES string of the molecule is CCOC(=O)C1CCCN(C(C)C(=O)Nc2ccc(OC(F)(F)F)cc2)C1. The molecule has 6 nitrogen and oxygen atoms in total. The number of benzene rings is 1. The summed E-state index contributed by atoms with van der Waals surface area (Å²) in [5.41, 5.74) is 0.361. The normalized spacial score (nSPS) is 19.2. The van der Waals surface area contributed by atoms with Crippen molar-refractivity contribution in [3.05, 3.63) is 24.3 Å². The van der Waals surface area contributed by atoms with Crippen LogP contribution < -0.4 is 10.1 Å². The minimum Gasteiger partial charge on any atom is -0.466 e. The van der Waals surface area contributed by atoms with Crippen molar-refractivity contribution in [1.82, 2.24) is 4.90 Å². The molecule has 0 bridgehead atoms. The van der Waals surface area contributed by atoms with Gasteiger partial charge in [-0.05, 0) is 57.5 Å². The molecular formula is C18H23F3N2O4. The number of amides is 1. The monoisotopic (exact) mass is 388 g/mol. The van der Waals surface area contributed by atoms with Crippen LogP contribution >= 0.6 is 0 Å². The molecule has 1 saturated heterocycles. The number of halogens is 3. The van der Waals surface area contributed by atoms with E-state index in [0.29, 0.717) is 25.4 Å². The summed E-state index contributed by atoms with van der Waals surface area (Å²) in [5, 5.41) is 2.66. The zero-order valence-electron chi connectivity index (χ0n) is 15.2. The van der Waals surface area contributed by atoms with Crippen LogP contribution in [0.2, 0.25) is 0 Å². The molecule has 1 N–H and O–H groups in total. The van der Waals surface area contributed by atoms with Crippen LogP contribution in [0.3, 0.4) is 0 Å². The van der Waals surface area contributed by atoms with Crippen LogP contribution in [-0.2, 0) is 14.3 Å². The molecule has 1 heterocycles. The highest BCUT2D eigenvalue weighted by molar-refractivity contribution is 5.94. The Balaban J connectivity index is 1.92. The predicted molar refractivity (Wildman–Crippen MR) is 92.1 cm³/mol. The van der Waals surface area contributed by atoms with E-state index in [4.69, 9.17) is 4.74 Å². The summed E-state index contributed by atoms with van der Waals surface area (Å²) in [6, 6.07) is 4.44. The van der Waals surface area contributed by atoms with Crippen LogP contribution in [0.1, 0.15) is 26.7 Å². The van der Waals surface area contributed by atoms with Gasteiger partial charge in [0.2, 0.25) is 5.91 Å². The van der Waals surface area contributed by atoms with Crippen LogP contribution in [-0.4, -0.2) is 48.9 Å². The highest BCUT2D eigenvalue weighted by Gasteiger charge is 2.32. The lowest BCUT2D eigenvalue weighted by atomic mass is 9.97. The summed E-state index contributed by atoms with van der Waals surface area (Å²) in [5.74, 6) is -1.17. The minimum absolute atomic E-state index is 0.255. The van der Waals surface area contributed by atoms with Gasteiger partial charge >= 0.3 is 12.3 Å². The van der Waals surface area contributed by atoms with Crippen molar-refractivity contribution in [1.29, 1.82) is 0 Å². The summed E-state index contributed by atoms with van der Waals surface area (Å²) >= 11 is 0. The van der Waals surface area contributed by atoms with Gasteiger partial charge in [0, 0.05) is 12.2 Å². The molecule has 0 radical (unpaired) electrons. The number of ether oxygens (including phenoxy) is 2. The van der Waals surface area contributed by atoms with Crippen LogP contribution in [0.15, 0.2) is 24.3 Å². The summed E-state index contributed by atoms with van der Waals surface area (Å²) in [7, 11) is 0. The third kappa shape index (κ3) is 6.42. The Bertz CT molecular complexity index is 649. The van der Waals surface area contributed by atoms with Gasteiger partial charge in [-0.25, -0.2) is 0 Å². The fourth-order valence-electron chi connectivity index (χ4n) is 2.96. The highest BCUT2D eigenvalue weighted by Crippen LogP contribution is 2.24. The molecule has 1 aromatic rings. The Morgan fingerprint density at radius 1 is 1.30 bits per heavy atom. The standard InChI is InChI=1S/C18H23F3N2O4/c1-3-26-17(25)13-5-4-10-23(11-13)12(2)16(24)22-14-6-8-15(9-7-14)27-18(19,20)21/h6-9,12-13H,3-5,10-11H2,1-2H3,(H,22,24). The summed E-state index contributed by atoms with van der Waals surface area (Å²) in [4.78, 5) is 26.3. The Kier molecular flexibility index (Phi) is 7.06. The van der Waals surface area contributed by atoms with E-state index in [9.17, 15) is 22.8 Å². The summed E-state index contributed by atoms with van der Waals surface area (Å²) in [6.45, 7) is 4.91. The number of piperidine rings is 1. The zero-order chi connectivity index (χ0) is 20.0. The molecule has 27 heavy (non-hydrogen) atoms. The number of nitrogens with one attached hydrogen (secondary N) is 1. The molecule has 2 atom stereocenters. The molecule has 1 aliphatic rings. The quantitative estimate of drug-likeness (QED) is 0.758. The molecule has 150 valence electrons. The Morgan fingerprint density at radius 2 is 1.96 bits per heavy atom. The van der Waals surface area contributed by atoms with E-state index in [0.717, 1.165) is 25.0 Å². The average Bonchev–Trinajstić information content (AvgIpc) is 2.62. The van der Waals surface area contributed by atoms with Crippen LogP contribution in [0.25, 0.3) is 0 Å². The maximum atomic E-state index is 12.4. The van der Waals surface area contributed by atoms with Gasteiger partial charge in [-0.2, -0.15) is 0 Å². The van der Waals surface area contributed by atoms with Crippen LogP contribution in [0, 0.1) is 5.92 Å². The van der Waals surface area contributed by atoms with Gasteiger partial charge in [-0.15, -0.1) is 13.2 Å². The number of anilines is 1. The first kappa shape index (κ1) is 21.0. The van der Waals surface area contributed by atoms with Gasteiger partial charge in [0.15, 0.2) is 0 Å². The van der Waals surface area contributed by atoms with Crippen molar-refractivity contribution in [2.75, 3.05) is 25.0 Å². The van der Waals surface area contributed by atoms with Crippen molar-refractivity contribution < 1.29 is 32.2 Å².